The van der Waals surface area contributed by atoms with Gasteiger partial charge in [-0.3, -0.25) is 30.0 Å². The van der Waals surface area contributed by atoms with E-state index in [2.05, 4.69) is 10.9 Å². The molecule has 1 aliphatic heterocycles. The lowest BCUT2D eigenvalue weighted by atomic mass is 9.55. The Labute approximate surface area is 256 Å². The first-order valence-electron chi connectivity index (χ1n) is 14.0. The van der Waals surface area contributed by atoms with Crippen molar-refractivity contribution in [2.75, 3.05) is 11.5 Å². The van der Waals surface area contributed by atoms with E-state index in [1.807, 2.05) is 48.5 Å². The number of nitrogens with zero attached hydrogens (tertiary/aromatic N) is 1. The number of esters is 1. The van der Waals surface area contributed by atoms with Crippen LogP contribution < -0.4 is 15.8 Å². The van der Waals surface area contributed by atoms with Crippen LogP contribution in [-0.4, -0.2) is 36.2 Å². The van der Waals surface area contributed by atoms with Gasteiger partial charge >= 0.3 is 5.97 Å². The van der Waals surface area contributed by atoms with E-state index in [1.54, 1.807) is 24.3 Å². The summed E-state index contributed by atoms with van der Waals surface area (Å²) in [5.74, 6) is -4.92. The highest BCUT2D eigenvalue weighted by atomic mass is 35.5. The van der Waals surface area contributed by atoms with Gasteiger partial charge in [0, 0.05) is 11.8 Å². The molecule has 0 radical (unpaired) electrons. The topological polar surface area (TPSA) is 122 Å². The van der Waals surface area contributed by atoms with Gasteiger partial charge in [0.2, 0.25) is 11.8 Å². The molecule has 9 nitrogen and oxygen atoms in total. The summed E-state index contributed by atoms with van der Waals surface area (Å²) in [5.41, 5.74) is 8.77. The highest BCUT2D eigenvalue weighted by molar-refractivity contribution is 6.33. The van der Waals surface area contributed by atoms with Gasteiger partial charge in [-0.2, -0.15) is 0 Å². The Kier molecular flexibility index (Phi) is 6.74. The smallest absolute Gasteiger partial charge is 0.340 e. The molecule has 1 fully saturated rings. The van der Waals surface area contributed by atoms with Gasteiger partial charge in [-0.1, -0.05) is 84.4 Å². The van der Waals surface area contributed by atoms with E-state index >= 15 is 0 Å². The average molecular weight is 606 g/mol. The Hall–Kier alpha value is -5.28. The fourth-order valence-corrected chi connectivity index (χ4v) is 7.06. The number of rotatable bonds is 5. The molecule has 44 heavy (non-hydrogen) atoms. The maximum absolute atomic E-state index is 14.1. The van der Waals surface area contributed by atoms with E-state index in [0.29, 0.717) is 0 Å². The Morgan fingerprint density at radius 3 is 1.68 bits per heavy atom. The number of carbonyl (C=O) groups is 5. The predicted octanol–water partition coefficient (Wildman–Crippen LogP) is 4.35. The van der Waals surface area contributed by atoms with Crippen molar-refractivity contribution in [1.29, 1.82) is 0 Å². The molecule has 0 aromatic heterocycles. The number of ether oxygens (including phenoxy) is 1. The molecule has 218 valence electrons. The second-order valence-corrected chi connectivity index (χ2v) is 11.3. The summed E-state index contributed by atoms with van der Waals surface area (Å²) in [6, 6.07) is 28.3. The number of halogens is 1. The molecule has 2 N–H and O–H groups in total. The van der Waals surface area contributed by atoms with Crippen molar-refractivity contribution < 1.29 is 28.7 Å². The number of benzene rings is 4. The van der Waals surface area contributed by atoms with Crippen molar-refractivity contribution in [3.05, 3.63) is 135 Å². The average Bonchev–Trinajstić information content (AvgIpc) is 3.32. The first kappa shape index (κ1) is 27.5. The maximum atomic E-state index is 14.1. The molecule has 0 spiro atoms. The van der Waals surface area contributed by atoms with Crippen molar-refractivity contribution in [3.8, 4) is 0 Å². The molecule has 2 atom stereocenters. The third kappa shape index (κ3) is 4.27. The fourth-order valence-electron chi connectivity index (χ4n) is 6.84. The monoisotopic (exact) mass is 605 g/mol. The first-order valence-corrected chi connectivity index (χ1v) is 14.4. The van der Waals surface area contributed by atoms with Gasteiger partial charge < -0.3 is 4.74 Å². The van der Waals surface area contributed by atoms with Crippen LogP contribution in [0.2, 0.25) is 5.02 Å². The first-order chi connectivity index (χ1) is 21.4. The summed E-state index contributed by atoms with van der Waals surface area (Å²) in [6.45, 7) is -0.724. The number of hydrogen-bond donors (Lipinski definition) is 2. The van der Waals surface area contributed by atoms with E-state index in [1.165, 1.54) is 24.3 Å². The zero-order chi connectivity index (χ0) is 30.5. The van der Waals surface area contributed by atoms with E-state index in [0.717, 1.165) is 27.2 Å². The van der Waals surface area contributed by atoms with E-state index in [4.69, 9.17) is 16.3 Å². The Bertz CT molecular complexity index is 1770. The summed E-state index contributed by atoms with van der Waals surface area (Å²) in [6.07, 6.45) is 0. The van der Waals surface area contributed by atoms with Gasteiger partial charge in [0.1, 0.15) is 0 Å². The maximum Gasteiger partial charge on any atom is 0.340 e. The fraction of sp³-hybridized carbons (Fsp3) is 0.147. The molecule has 4 aromatic rings. The summed E-state index contributed by atoms with van der Waals surface area (Å²) in [5, 5.41) is 0.203. The third-order valence-corrected chi connectivity index (χ3v) is 8.91. The van der Waals surface area contributed by atoms with Gasteiger partial charge in [-0.25, -0.2) is 9.69 Å². The number of anilines is 1. The van der Waals surface area contributed by atoms with Gasteiger partial charge in [0.25, 0.3) is 11.8 Å². The van der Waals surface area contributed by atoms with Crippen LogP contribution in [0.5, 0.6) is 0 Å². The molecule has 1 saturated heterocycles. The van der Waals surface area contributed by atoms with Crippen LogP contribution in [-0.2, 0) is 19.1 Å². The molecule has 10 heteroatoms. The summed E-state index contributed by atoms with van der Waals surface area (Å²) >= 11 is 6.01. The standard InChI is InChI=1S/C34H24ClN3O6/c35-24-15-7-5-13-22(24)31(40)37-36-26(39)17-44-34(43)23-14-6-8-16-25(23)38-32(41)29-27-18-9-1-2-10-19(18)28(30(29)33(38)42)21-12-4-3-11-20(21)27/h1-16,27-30H,17H2,(H,36,39)(H,37,40)/t27?,28?,29-,30-/m1/s1. The Balaban J connectivity index is 1.11. The van der Waals surface area contributed by atoms with Crippen molar-refractivity contribution in [1.82, 2.24) is 10.9 Å². The summed E-state index contributed by atoms with van der Waals surface area (Å²) in [7, 11) is 0. The number of hydrazine groups is 1. The molecule has 4 amide bonds. The summed E-state index contributed by atoms with van der Waals surface area (Å²) < 4.78 is 5.22. The minimum absolute atomic E-state index is 0.0388. The minimum atomic E-state index is -0.904. The second kappa shape index (κ2) is 10.8. The molecule has 3 aliphatic carbocycles. The molecule has 1 heterocycles. The van der Waals surface area contributed by atoms with Crippen molar-refractivity contribution in [2.24, 2.45) is 11.8 Å². The van der Waals surface area contributed by atoms with Crippen LogP contribution >= 0.6 is 11.6 Å². The molecular weight excluding hydrogens is 582 g/mol. The number of para-hydroxylation sites is 1. The van der Waals surface area contributed by atoms with Crippen molar-refractivity contribution >= 4 is 46.9 Å². The quantitative estimate of drug-likeness (QED) is 0.198. The SMILES string of the molecule is O=C(COC(=O)c1ccccc1N1C(=O)[C@@H]2C3c4ccccc4C(c4ccccc43)[C@H]2C1=O)NNC(=O)c1ccccc1Cl. The third-order valence-electron chi connectivity index (χ3n) is 8.58. The van der Waals surface area contributed by atoms with Crippen LogP contribution in [0.15, 0.2) is 97.1 Å². The number of carbonyl (C=O) groups excluding carboxylic acids is 5. The Morgan fingerprint density at radius 1 is 0.659 bits per heavy atom. The molecule has 8 rings (SSSR count). The predicted molar refractivity (Wildman–Crippen MR) is 160 cm³/mol. The van der Waals surface area contributed by atoms with Gasteiger partial charge in [0.15, 0.2) is 6.61 Å². The summed E-state index contributed by atoms with van der Waals surface area (Å²) in [4.78, 5) is 67.2. The molecule has 4 aromatic carbocycles. The highest BCUT2D eigenvalue weighted by Crippen LogP contribution is 2.61. The molecule has 2 bridgehead atoms. The van der Waals surface area contributed by atoms with E-state index in [9.17, 15) is 24.0 Å². The lowest BCUT2D eigenvalue weighted by Crippen LogP contribution is -2.43. The molecule has 4 aliphatic rings. The van der Waals surface area contributed by atoms with Gasteiger partial charge in [-0.05, 0) is 46.5 Å². The minimum Gasteiger partial charge on any atom is -0.452 e. The van der Waals surface area contributed by atoms with Crippen LogP contribution in [0.25, 0.3) is 0 Å². The number of nitrogens with one attached hydrogen (secondary N) is 2. The second-order valence-electron chi connectivity index (χ2n) is 10.9. The molecular formula is C34H24ClN3O6. The van der Waals surface area contributed by atoms with Crippen molar-refractivity contribution in [2.45, 2.75) is 11.8 Å². The van der Waals surface area contributed by atoms with Crippen LogP contribution in [0.1, 0.15) is 54.8 Å². The van der Waals surface area contributed by atoms with E-state index in [-0.39, 0.29) is 45.5 Å². The zero-order valence-corrected chi connectivity index (χ0v) is 23.8. The number of amides is 4. The van der Waals surface area contributed by atoms with Gasteiger partial charge in [0.05, 0.1) is 33.7 Å². The lowest BCUT2D eigenvalue weighted by Gasteiger charge is -2.45. The largest absolute Gasteiger partial charge is 0.452 e. The number of imide groups is 1. The lowest BCUT2D eigenvalue weighted by molar-refractivity contribution is -0.125. The zero-order valence-electron chi connectivity index (χ0n) is 23.0. The normalized spacial score (nSPS) is 20.8. The van der Waals surface area contributed by atoms with Crippen LogP contribution in [0.3, 0.4) is 0 Å². The van der Waals surface area contributed by atoms with Crippen LogP contribution in [0.4, 0.5) is 5.69 Å². The van der Waals surface area contributed by atoms with Crippen LogP contribution in [0, 0.1) is 11.8 Å². The molecule has 0 saturated carbocycles. The van der Waals surface area contributed by atoms with Crippen molar-refractivity contribution in [3.63, 3.8) is 0 Å². The number of hydrogen-bond acceptors (Lipinski definition) is 6. The molecule has 0 unspecified atom stereocenters. The van der Waals surface area contributed by atoms with Gasteiger partial charge in [-0.15, -0.1) is 0 Å². The highest BCUT2D eigenvalue weighted by Gasteiger charge is 2.62. The Morgan fingerprint density at radius 2 is 1.14 bits per heavy atom. The van der Waals surface area contributed by atoms with E-state index < -0.39 is 36.2 Å².